The van der Waals surface area contributed by atoms with E-state index in [9.17, 15) is 0 Å². The molecule has 0 radical (unpaired) electrons. The van der Waals surface area contributed by atoms with Crippen LogP contribution in [0.3, 0.4) is 0 Å². The van der Waals surface area contributed by atoms with Gasteiger partial charge in [0.1, 0.15) is 5.75 Å². The second-order valence-corrected chi connectivity index (χ2v) is 6.55. The molecular weight excluding hydrogens is 272 g/mol. The zero-order valence-electron chi connectivity index (χ0n) is 12.3. The highest BCUT2D eigenvalue weighted by atomic mass is 32.2. The summed E-state index contributed by atoms with van der Waals surface area (Å²) in [6, 6.07) is 8.15. The number of nitrogens with zero attached hydrogens (tertiary/aromatic N) is 4. The third-order valence-electron chi connectivity index (χ3n) is 2.86. The number of hydrogen-bond acceptors (Lipinski definition) is 5. The fraction of sp³-hybridized carbons (Fsp3) is 0.500. The summed E-state index contributed by atoms with van der Waals surface area (Å²) in [5.41, 5.74) is 1.19. The average molecular weight is 292 g/mol. The molecule has 20 heavy (non-hydrogen) atoms. The Bertz CT molecular complexity index is 545. The van der Waals surface area contributed by atoms with Gasteiger partial charge in [-0.3, -0.25) is 0 Å². The highest BCUT2D eigenvalue weighted by Gasteiger charge is 2.19. The van der Waals surface area contributed by atoms with Crippen LogP contribution < -0.4 is 4.74 Å². The smallest absolute Gasteiger partial charge is 0.209 e. The van der Waals surface area contributed by atoms with Crippen LogP contribution in [-0.4, -0.2) is 33.1 Å². The molecule has 1 aromatic carbocycles. The SMILES string of the molecule is COc1ccc(CCSc2nnnn2C(C)(C)C)cc1. The van der Waals surface area contributed by atoms with E-state index in [2.05, 4.69) is 48.4 Å². The standard InChI is InChI=1S/C14H20N4OS/c1-14(2,3)18-13(15-16-17-18)20-10-9-11-5-7-12(19-4)8-6-11/h5-8H,9-10H2,1-4H3. The third-order valence-corrected chi connectivity index (χ3v) is 3.78. The summed E-state index contributed by atoms with van der Waals surface area (Å²) in [4.78, 5) is 0. The van der Waals surface area contributed by atoms with Crippen molar-refractivity contribution in [3.05, 3.63) is 29.8 Å². The van der Waals surface area contributed by atoms with Crippen molar-refractivity contribution in [3.8, 4) is 5.75 Å². The Morgan fingerprint density at radius 3 is 2.50 bits per heavy atom. The number of rotatable bonds is 5. The molecule has 5 nitrogen and oxygen atoms in total. The minimum absolute atomic E-state index is 0.0913. The molecule has 0 saturated heterocycles. The van der Waals surface area contributed by atoms with Crippen molar-refractivity contribution in [2.24, 2.45) is 0 Å². The average Bonchev–Trinajstić information content (AvgIpc) is 2.88. The topological polar surface area (TPSA) is 52.8 Å². The van der Waals surface area contributed by atoms with Crippen molar-refractivity contribution in [1.82, 2.24) is 20.2 Å². The predicted molar refractivity (Wildman–Crippen MR) is 80.2 cm³/mol. The summed E-state index contributed by atoms with van der Waals surface area (Å²) < 4.78 is 7.02. The van der Waals surface area contributed by atoms with Gasteiger partial charge in [0.05, 0.1) is 12.6 Å². The van der Waals surface area contributed by atoms with Crippen molar-refractivity contribution >= 4 is 11.8 Å². The first-order valence-corrected chi connectivity index (χ1v) is 7.54. The van der Waals surface area contributed by atoms with Crippen molar-refractivity contribution in [3.63, 3.8) is 0 Å². The van der Waals surface area contributed by atoms with Gasteiger partial charge in [-0.15, -0.1) is 5.10 Å². The van der Waals surface area contributed by atoms with Gasteiger partial charge in [-0.1, -0.05) is 23.9 Å². The molecule has 0 aliphatic rings. The van der Waals surface area contributed by atoms with Gasteiger partial charge in [0.2, 0.25) is 5.16 Å². The maximum atomic E-state index is 5.15. The molecule has 0 amide bonds. The van der Waals surface area contributed by atoms with Gasteiger partial charge in [-0.25, -0.2) is 4.68 Å². The van der Waals surface area contributed by atoms with E-state index >= 15 is 0 Å². The summed E-state index contributed by atoms with van der Waals surface area (Å²) in [5, 5.41) is 12.8. The van der Waals surface area contributed by atoms with Crippen LogP contribution in [0.25, 0.3) is 0 Å². The Morgan fingerprint density at radius 1 is 1.20 bits per heavy atom. The minimum atomic E-state index is -0.0913. The molecule has 0 bridgehead atoms. The normalized spacial score (nSPS) is 11.6. The molecule has 0 fully saturated rings. The molecule has 0 saturated carbocycles. The number of methoxy groups -OCH3 is 1. The molecule has 1 aromatic heterocycles. The van der Waals surface area contributed by atoms with Crippen LogP contribution >= 0.6 is 11.8 Å². The number of ether oxygens (including phenoxy) is 1. The highest BCUT2D eigenvalue weighted by Crippen LogP contribution is 2.22. The van der Waals surface area contributed by atoms with Gasteiger partial charge < -0.3 is 4.74 Å². The highest BCUT2D eigenvalue weighted by molar-refractivity contribution is 7.99. The van der Waals surface area contributed by atoms with Gasteiger partial charge in [-0.05, 0) is 55.3 Å². The predicted octanol–water partition coefficient (Wildman–Crippen LogP) is 2.77. The van der Waals surface area contributed by atoms with Crippen LogP contribution in [-0.2, 0) is 12.0 Å². The summed E-state index contributed by atoms with van der Waals surface area (Å²) in [6.45, 7) is 6.28. The van der Waals surface area contributed by atoms with Gasteiger partial charge in [-0.2, -0.15) is 0 Å². The molecule has 0 N–H and O–H groups in total. The zero-order valence-corrected chi connectivity index (χ0v) is 13.1. The van der Waals surface area contributed by atoms with E-state index in [0.717, 1.165) is 23.1 Å². The molecule has 0 aliphatic heterocycles. The third kappa shape index (κ3) is 3.72. The van der Waals surface area contributed by atoms with Crippen LogP contribution in [0.15, 0.2) is 29.4 Å². The van der Waals surface area contributed by atoms with Crippen LogP contribution in [0.4, 0.5) is 0 Å². The lowest BCUT2D eigenvalue weighted by Crippen LogP contribution is -2.24. The number of benzene rings is 1. The van der Waals surface area contributed by atoms with Gasteiger partial charge in [0, 0.05) is 5.75 Å². The number of aromatic nitrogens is 4. The zero-order chi connectivity index (χ0) is 14.6. The number of thioether (sulfide) groups is 1. The van der Waals surface area contributed by atoms with Crippen LogP contribution in [0.2, 0.25) is 0 Å². The number of hydrogen-bond donors (Lipinski definition) is 0. The quantitative estimate of drug-likeness (QED) is 0.793. The lowest BCUT2D eigenvalue weighted by molar-refractivity contribution is 0.321. The monoisotopic (exact) mass is 292 g/mol. The van der Waals surface area contributed by atoms with E-state index in [0.29, 0.717) is 0 Å². The van der Waals surface area contributed by atoms with Crippen molar-refractivity contribution in [2.75, 3.05) is 12.9 Å². The van der Waals surface area contributed by atoms with Crippen LogP contribution in [0.5, 0.6) is 5.75 Å². The van der Waals surface area contributed by atoms with E-state index in [4.69, 9.17) is 4.74 Å². The Labute approximate surface area is 123 Å². The first-order valence-electron chi connectivity index (χ1n) is 6.55. The Morgan fingerprint density at radius 2 is 1.90 bits per heavy atom. The minimum Gasteiger partial charge on any atom is -0.497 e. The molecular formula is C14H20N4OS. The molecule has 0 spiro atoms. The summed E-state index contributed by atoms with van der Waals surface area (Å²) >= 11 is 1.68. The van der Waals surface area contributed by atoms with Crippen LogP contribution in [0.1, 0.15) is 26.3 Å². The van der Waals surface area contributed by atoms with Gasteiger partial charge in [0.25, 0.3) is 0 Å². The fourth-order valence-corrected chi connectivity index (χ4v) is 2.79. The Kier molecular flexibility index (Phi) is 4.65. The first kappa shape index (κ1) is 14.8. The van der Waals surface area contributed by atoms with E-state index in [1.807, 2.05) is 16.8 Å². The molecule has 2 rings (SSSR count). The van der Waals surface area contributed by atoms with E-state index in [-0.39, 0.29) is 5.54 Å². The van der Waals surface area contributed by atoms with E-state index < -0.39 is 0 Å². The number of aryl methyl sites for hydroxylation is 1. The second-order valence-electron chi connectivity index (χ2n) is 5.49. The molecule has 6 heteroatoms. The Hall–Kier alpha value is -1.56. The summed E-state index contributed by atoms with van der Waals surface area (Å²) in [5.74, 6) is 1.83. The molecule has 2 aromatic rings. The van der Waals surface area contributed by atoms with Gasteiger partial charge in [0.15, 0.2) is 0 Å². The van der Waals surface area contributed by atoms with Crippen molar-refractivity contribution in [1.29, 1.82) is 0 Å². The van der Waals surface area contributed by atoms with Gasteiger partial charge >= 0.3 is 0 Å². The Balaban J connectivity index is 1.91. The number of tetrazole rings is 1. The largest absolute Gasteiger partial charge is 0.497 e. The van der Waals surface area contributed by atoms with Crippen molar-refractivity contribution in [2.45, 2.75) is 37.9 Å². The fourth-order valence-electron chi connectivity index (χ4n) is 1.74. The van der Waals surface area contributed by atoms with E-state index in [1.165, 1.54) is 5.56 Å². The first-order chi connectivity index (χ1) is 9.50. The molecule has 0 aliphatic carbocycles. The van der Waals surface area contributed by atoms with Crippen LogP contribution in [0, 0.1) is 0 Å². The second kappa shape index (κ2) is 6.26. The lowest BCUT2D eigenvalue weighted by Gasteiger charge is -2.19. The molecule has 0 unspecified atom stereocenters. The van der Waals surface area contributed by atoms with Crippen molar-refractivity contribution < 1.29 is 4.74 Å². The molecule has 0 atom stereocenters. The maximum Gasteiger partial charge on any atom is 0.209 e. The molecule has 1 heterocycles. The van der Waals surface area contributed by atoms with E-state index in [1.54, 1.807) is 18.9 Å². The summed E-state index contributed by atoms with van der Waals surface area (Å²) in [6.07, 6.45) is 0.978. The lowest BCUT2D eigenvalue weighted by atomic mass is 10.1. The summed E-state index contributed by atoms with van der Waals surface area (Å²) in [7, 11) is 1.68. The molecule has 108 valence electrons. The maximum absolute atomic E-state index is 5.15.